The van der Waals surface area contributed by atoms with Crippen molar-refractivity contribution < 1.29 is 17.6 Å². The predicted molar refractivity (Wildman–Crippen MR) is 123 cm³/mol. The summed E-state index contributed by atoms with van der Waals surface area (Å²) >= 11 is 0. The van der Waals surface area contributed by atoms with E-state index in [0.29, 0.717) is 34.4 Å². The first kappa shape index (κ1) is 21.3. The summed E-state index contributed by atoms with van der Waals surface area (Å²) in [5.41, 5.74) is 1.96. The fourth-order valence-electron chi connectivity index (χ4n) is 3.71. The van der Waals surface area contributed by atoms with E-state index < -0.39 is 10.0 Å². The van der Waals surface area contributed by atoms with E-state index in [1.54, 1.807) is 24.5 Å². The van der Waals surface area contributed by atoms with Gasteiger partial charge in [0.15, 0.2) is 5.75 Å². The molecule has 0 radical (unpaired) electrons. The molecule has 2 aromatic heterocycles. The standard InChI is InChI=1S/C22H22N6O4S/c23-33(29,30)17-4-2-15(3-5-17)27-22-26-13-14-1-6-18(21-25-11-12-31-21)20(19(14)28-22)32-16-7-9-24-10-8-16/h1-6,11-13,16,24H,7-10H2,(H2,23,29,30)(H,26,27,28). The highest BCUT2D eigenvalue weighted by Crippen LogP contribution is 2.37. The lowest BCUT2D eigenvalue weighted by atomic mass is 10.1. The van der Waals surface area contributed by atoms with Crippen LogP contribution in [0.15, 0.2) is 64.4 Å². The minimum absolute atomic E-state index is 0.0285. The predicted octanol–water partition coefficient (Wildman–Crippen LogP) is 2.81. The third-order valence-corrected chi connectivity index (χ3v) is 6.31. The van der Waals surface area contributed by atoms with Gasteiger partial charge in [-0.05, 0) is 56.3 Å². The largest absolute Gasteiger partial charge is 0.487 e. The maximum atomic E-state index is 11.5. The minimum atomic E-state index is -3.76. The smallest absolute Gasteiger partial charge is 0.238 e. The van der Waals surface area contributed by atoms with Gasteiger partial charge in [0.25, 0.3) is 0 Å². The van der Waals surface area contributed by atoms with Gasteiger partial charge >= 0.3 is 0 Å². The minimum Gasteiger partial charge on any atom is -0.487 e. The van der Waals surface area contributed by atoms with Crippen molar-refractivity contribution in [1.29, 1.82) is 0 Å². The molecule has 4 N–H and O–H groups in total. The molecule has 1 saturated heterocycles. The number of hydrogen-bond acceptors (Lipinski definition) is 9. The highest BCUT2D eigenvalue weighted by atomic mass is 32.2. The van der Waals surface area contributed by atoms with Crippen molar-refractivity contribution in [3.8, 4) is 17.2 Å². The topological polar surface area (TPSA) is 145 Å². The van der Waals surface area contributed by atoms with Crippen molar-refractivity contribution in [2.75, 3.05) is 18.4 Å². The van der Waals surface area contributed by atoms with Gasteiger partial charge in [-0.1, -0.05) is 6.07 Å². The molecule has 33 heavy (non-hydrogen) atoms. The van der Waals surface area contributed by atoms with Crippen LogP contribution in [0.4, 0.5) is 11.6 Å². The summed E-state index contributed by atoms with van der Waals surface area (Å²) in [6.07, 6.45) is 6.63. The van der Waals surface area contributed by atoms with Gasteiger partial charge in [-0.3, -0.25) is 0 Å². The SMILES string of the molecule is NS(=O)(=O)c1ccc(Nc2ncc3ccc(-c4ncco4)c(OC4CCNCC4)c3n2)cc1. The molecule has 0 atom stereocenters. The Labute approximate surface area is 190 Å². The Morgan fingerprint density at radius 3 is 2.58 bits per heavy atom. The average Bonchev–Trinajstić information content (AvgIpc) is 3.35. The van der Waals surface area contributed by atoms with Gasteiger partial charge in [0.05, 0.1) is 16.7 Å². The third kappa shape index (κ3) is 4.65. The van der Waals surface area contributed by atoms with E-state index in [0.717, 1.165) is 31.3 Å². The van der Waals surface area contributed by atoms with Crippen molar-refractivity contribution >= 4 is 32.6 Å². The van der Waals surface area contributed by atoms with Crippen LogP contribution in [-0.2, 0) is 10.0 Å². The van der Waals surface area contributed by atoms with E-state index >= 15 is 0 Å². The first-order valence-corrected chi connectivity index (χ1v) is 12.0. The summed E-state index contributed by atoms with van der Waals surface area (Å²) in [5.74, 6) is 1.38. The van der Waals surface area contributed by atoms with Gasteiger partial charge in [-0.15, -0.1) is 0 Å². The van der Waals surface area contributed by atoms with Crippen LogP contribution in [-0.4, -0.2) is 42.6 Å². The number of hydrogen-bond donors (Lipinski definition) is 3. The van der Waals surface area contributed by atoms with Gasteiger partial charge < -0.3 is 19.8 Å². The van der Waals surface area contributed by atoms with E-state index in [9.17, 15) is 8.42 Å². The van der Waals surface area contributed by atoms with Crippen LogP contribution in [0.25, 0.3) is 22.4 Å². The zero-order valence-corrected chi connectivity index (χ0v) is 18.4. The van der Waals surface area contributed by atoms with E-state index in [2.05, 4.69) is 20.6 Å². The summed E-state index contributed by atoms with van der Waals surface area (Å²) in [6.45, 7) is 1.78. The van der Waals surface area contributed by atoms with Crippen LogP contribution >= 0.6 is 0 Å². The Hall–Kier alpha value is -3.54. The van der Waals surface area contributed by atoms with Crippen molar-refractivity contribution in [3.63, 3.8) is 0 Å². The lowest BCUT2D eigenvalue weighted by molar-refractivity contribution is 0.165. The van der Waals surface area contributed by atoms with Crippen LogP contribution in [0.2, 0.25) is 0 Å². The molecule has 0 saturated carbocycles. The number of primary sulfonamides is 1. The molecule has 0 aliphatic carbocycles. The lowest BCUT2D eigenvalue weighted by Gasteiger charge is -2.25. The Bertz CT molecular complexity index is 1370. The van der Waals surface area contributed by atoms with Gasteiger partial charge in [0.2, 0.25) is 21.9 Å². The number of oxazole rings is 1. The number of fused-ring (bicyclic) bond motifs is 1. The summed E-state index contributed by atoms with van der Waals surface area (Å²) in [5, 5.41) is 12.4. The first-order valence-electron chi connectivity index (χ1n) is 10.4. The number of aromatic nitrogens is 3. The molecule has 1 fully saturated rings. The maximum absolute atomic E-state index is 11.5. The number of ether oxygens (including phenoxy) is 1. The van der Waals surface area contributed by atoms with E-state index in [1.807, 2.05) is 12.1 Å². The Morgan fingerprint density at radius 2 is 1.88 bits per heavy atom. The molecule has 170 valence electrons. The van der Waals surface area contributed by atoms with Gasteiger partial charge in [0.1, 0.15) is 17.9 Å². The zero-order chi connectivity index (χ0) is 22.8. The number of rotatable bonds is 6. The molecule has 5 rings (SSSR count). The van der Waals surface area contributed by atoms with E-state index in [4.69, 9.17) is 19.3 Å². The highest BCUT2D eigenvalue weighted by Gasteiger charge is 2.22. The molecule has 11 heteroatoms. The monoisotopic (exact) mass is 466 g/mol. The normalized spacial score (nSPS) is 14.9. The summed E-state index contributed by atoms with van der Waals surface area (Å²) < 4.78 is 34.9. The summed E-state index contributed by atoms with van der Waals surface area (Å²) in [4.78, 5) is 13.4. The number of nitrogens with one attached hydrogen (secondary N) is 2. The van der Waals surface area contributed by atoms with E-state index in [-0.39, 0.29) is 11.0 Å². The molecule has 0 amide bonds. The second kappa shape index (κ2) is 8.77. The van der Waals surface area contributed by atoms with Gasteiger partial charge in [-0.2, -0.15) is 0 Å². The molecule has 0 spiro atoms. The van der Waals surface area contributed by atoms with Gasteiger partial charge in [-0.25, -0.2) is 28.5 Å². The second-order valence-electron chi connectivity index (χ2n) is 7.67. The summed E-state index contributed by atoms with van der Waals surface area (Å²) in [7, 11) is -3.76. The van der Waals surface area contributed by atoms with Crippen LogP contribution in [0, 0.1) is 0 Å². The number of nitrogens with zero attached hydrogens (tertiary/aromatic N) is 3. The molecular formula is C22H22N6O4S. The molecule has 10 nitrogen and oxygen atoms in total. The molecule has 0 bridgehead atoms. The quantitative estimate of drug-likeness (QED) is 0.390. The molecule has 1 aliphatic rings. The van der Waals surface area contributed by atoms with Crippen molar-refractivity contribution in [1.82, 2.24) is 20.3 Å². The average molecular weight is 467 g/mol. The Morgan fingerprint density at radius 1 is 1.09 bits per heavy atom. The lowest BCUT2D eigenvalue weighted by Crippen LogP contribution is -2.34. The maximum Gasteiger partial charge on any atom is 0.238 e. The van der Waals surface area contributed by atoms with Gasteiger partial charge in [0, 0.05) is 17.3 Å². The number of anilines is 2. The molecular weight excluding hydrogens is 444 g/mol. The number of sulfonamides is 1. The van der Waals surface area contributed by atoms with E-state index in [1.165, 1.54) is 18.4 Å². The van der Waals surface area contributed by atoms with Crippen LogP contribution in [0.5, 0.6) is 5.75 Å². The van der Waals surface area contributed by atoms with Crippen molar-refractivity contribution in [2.45, 2.75) is 23.8 Å². The fourth-order valence-corrected chi connectivity index (χ4v) is 4.23. The first-order chi connectivity index (χ1) is 16.0. The van der Waals surface area contributed by atoms with Crippen molar-refractivity contribution in [3.05, 3.63) is 55.1 Å². The molecule has 3 heterocycles. The molecule has 1 aliphatic heterocycles. The highest BCUT2D eigenvalue weighted by molar-refractivity contribution is 7.89. The number of piperidine rings is 1. The Kier molecular flexibility index (Phi) is 5.67. The van der Waals surface area contributed by atoms with Crippen LogP contribution in [0.1, 0.15) is 12.8 Å². The Balaban J connectivity index is 1.53. The molecule has 4 aromatic rings. The fraction of sp³-hybridized carbons (Fsp3) is 0.227. The van der Waals surface area contributed by atoms with Crippen LogP contribution in [0.3, 0.4) is 0 Å². The summed E-state index contributed by atoms with van der Waals surface area (Å²) in [6, 6.07) is 9.84. The zero-order valence-electron chi connectivity index (χ0n) is 17.6. The molecule has 0 unspecified atom stereocenters. The number of benzene rings is 2. The second-order valence-corrected chi connectivity index (χ2v) is 9.23. The van der Waals surface area contributed by atoms with Crippen molar-refractivity contribution in [2.24, 2.45) is 5.14 Å². The van der Waals surface area contributed by atoms with Crippen LogP contribution < -0.4 is 20.5 Å². The molecule has 2 aromatic carbocycles. The third-order valence-electron chi connectivity index (χ3n) is 5.38. The number of nitrogens with two attached hydrogens (primary N) is 1.